The van der Waals surface area contributed by atoms with Gasteiger partial charge in [-0.05, 0) is 79.7 Å². The van der Waals surface area contributed by atoms with Crippen molar-refractivity contribution >= 4 is 10.9 Å². The van der Waals surface area contributed by atoms with Gasteiger partial charge >= 0.3 is 0 Å². The second kappa shape index (κ2) is 11.1. The first kappa shape index (κ1) is 26.2. The van der Waals surface area contributed by atoms with Crippen LogP contribution in [0.15, 0.2) is 83.7 Å². The summed E-state index contributed by atoms with van der Waals surface area (Å²) in [5, 5.41) is 0.692. The Hall–Kier alpha value is -3.46. The van der Waals surface area contributed by atoms with E-state index in [0.29, 0.717) is 29.7 Å². The van der Waals surface area contributed by atoms with Gasteiger partial charge in [0, 0.05) is 12.1 Å². The first-order chi connectivity index (χ1) is 18.3. The minimum absolute atomic E-state index is 0.0608. The van der Waals surface area contributed by atoms with E-state index in [2.05, 4.69) is 76.7 Å². The zero-order chi connectivity index (χ0) is 26.8. The molecule has 0 aliphatic heterocycles. The maximum Gasteiger partial charge on any atom is 0.261 e. The van der Waals surface area contributed by atoms with Gasteiger partial charge in [0.25, 0.3) is 5.56 Å². The Kier molecular flexibility index (Phi) is 7.65. The molecule has 1 saturated carbocycles. The molecule has 0 N–H and O–H groups in total. The Morgan fingerprint density at radius 1 is 0.974 bits per heavy atom. The average Bonchev–Trinajstić information content (AvgIpc) is 3.16. The van der Waals surface area contributed by atoms with E-state index < -0.39 is 0 Å². The Morgan fingerprint density at radius 3 is 2.42 bits per heavy atom. The third-order valence-electron chi connectivity index (χ3n) is 8.46. The molecule has 38 heavy (non-hydrogen) atoms. The highest BCUT2D eigenvalue weighted by Crippen LogP contribution is 2.36. The van der Waals surface area contributed by atoms with Crippen molar-refractivity contribution in [3.63, 3.8) is 0 Å². The molecular formula is C35H40N2O. The maximum atomic E-state index is 14.3. The molecule has 1 aliphatic carbocycles. The number of aromatic nitrogens is 2. The Labute approximate surface area is 227 Å². The normalized spacial score (nSPS) is 18.0. The molecule has 0 amide bonds. The minimum Gasteiger partial charge on any atom is -0.292 e. The monoisotopic (exact) mass is 504 g/mol. The van der Waals surface area contributed by atoms with Crippen LogP contribution in [0.2, 0.25) is 0 Å². The summed E-state index contributed by atoms with van der Waals surface area (Å²) in [7, 11) is 0. The lowest BCUT2D eigenvalue weighted by Crippen LogP contribution is -2.28. The first-order valence-electron chi connectivity index (χ1n) is 14.2. The molecule has 196 valence electrons. The summed E-state index contributed by atoms with van der Waals surface area (Å²) in [5.41, 5.74) is 7.74. The average molecular weight is 505 g/mol. The number of allylic oxidation sites excluding steroid dienone is 1. The molecule has 0 radical (unpaired) electrons. The largest absolute Gasteiger partial charge is 0.292 e. The zero-order valence-corrected chi connectivity index (χ0v) is 23.3. The molecule has 4 aromatic rings. The fraction of sp³-hybridized carbons (Fsp3) is 0.371. The van der Waals surface area contributed by atoms with E-state index in [9.17, 15) is 4.79 Å². The molecule has 0 bridgehead atoms. The van der Waals surface area contributed by atoms with Crippen molar-refractivity contribution in [3.8, 4) is 22.5 Å². The van der Waals surface area contributed by atoms with Gasteiger partial charge in [-0.2, -0.15) is 0 Å². The van der Waals surface area contributed by atoms with Gasteiger partial charge in [-0.25, -0.2) is 4.98 Å². The van der Waals surface area contributed by atoms with E-state index in [0.717, 1.165) is 46.4 Å². The third-order valence-corrected chi connectivity index (χ3v) is 8.46. The van der Waals surface area contributed by atoms with Gasteiger partial charge in [0.2, 0.25) is 0 Å². The molecule has 0 saturated heterocycles. The molecule has 2 atom stereocenters. The summed E-state index contributed by atoms with van der Waals surface area (Å²) in [6.45, 7) is 13.9. The van der Waals surface area contributed by atoms with E-state index in [1.165, 1.54) is 30.4 Å². The molecule has 1 aromatic heterocycles. The van der Waals surface area contributed by atoms with E-state index in [1.54, 1.807) is 0 Å². The smallest absolute Gasteiger partial charge is 0.261 e. The number of nitrogens with zero attached hydrogens (tertiary/aromatic N) is 2. The van der Waals surface area contributed by atoms with Gasteiger partial charge < -0.3 is 0 Å². The summed E-state index contributed by atoms with van der Waals surface area (Å²) in [6, 6.07) is 22.9. The van der Waals surface area contributed by atoms with Crippen LogP contribution in [0.25, 0.3) is 33.4 Å². The third kappa shape index (κ3) is 5.38. The van der Waals surface area contributed by atoms with Gasteiger partial charge in [0.15, 0.2) is 0 Å². The summed E-state index contributed by atoms with van der Waals surface area (Å²) >= 11 is 0. The lowest BCUT2D eigenvalue weighted by atomic mass is 9.83. The second-order valence-electron chi connectivity index (χ2n) is 11.6. The summed E-state index contributed by atoms with van der Waals surface area (Å²) in [6.07, 6.45) is 5.89. The highest BCUT2D eigenvalue weighted by Gasteiger charge is 2.25. The maximum absolute atomic E-state index is 14.3. The SMILES string of the molecule is C=C(C(C)C)C1CCCCC(Cn2c(-c3ccccc3C)nc3ccc(-c4ccc(C)cc4)cc3c2=O)C1. The van der Waals surface area contributed by atoms with Crippen molar-refractivity contribution in [2.45, 2.75) is 66.3 Å². The van der Waals surface area contributed by atoms with Crippen LogP contribution in [-0.2, 0) is 6.54 Å². The number of fused-ring (bicyclic) bond motifs is 1. The molecule has 1 heterocycles. The van der Waals surface area contributed by atoms with Crippen LogP contribution in [0.3, 0.4) is 0 Å². The number of aryl methyl sites for hydroxylation is 2. The zero-order valence-electron chi connectivity index (χ0n) is 23.3. The van der Waals surface area contributed by atoms with Crippen molar-refractivity contribution in [1.29, 1.82) is 0 Å². The molecule has 3 aromatic carbocycles. The van der Waals surface area contributed by atoms with Gasteiger partial charge in [-0.1, -0.05) is 99.0 Å². The Balaban J connectivity index is 1.62. The van der Waals surface area contributed by atoms with Gasteiger partial charge in [-0.3, -0.25) is 9.36 Å². The van der Waals surface area contributed by atoms with Gasteiger partial charge in [0.1, 0.15) is 5.82 Å². The van der Waals surface area contributed by atoms with Crippen LogP contribution in [0, 0.1) is 31.6 Å². The molecule has 5 rings (SSSR count). The number of benzene rings is 3. The fourth-order valence-corrected chi connectivity index (χ4v) is 6.04. The predicted octanol–water partition coefficient (Wildman–Crippen LogP) is 8.76. The first-order valence-corrected chi connectivity index (χ1v) is 14.2. The number of hydrogen-bond donors (Lipinski definition) is 0. The van der Waals surface area contributed by atoms with Crippen LogP contribution in [0.4, 0.5) is 0 Å². The lowest BCUT2D eigenvalue weighted by molar-refractivity contribution is 0.349. The molecular weight excluding hydrogens is 464 g/mol. The number of rotatable bonds is 6. The van der Waals surface area contributed by atoms with Crippen molar-refractivity contribution in [2.24, 2.45) is 17.8 Å². The summed E-state index contributed by atoms with van der Waals surface area (Å²) in [5.74, 6) is 2.23. The predicted molar refractivity (Wildman–Crippen MR) is 160 cm³/mol. The molecule has 1 fully saturated rings. The van der Waals surface area contributed by atoms with E-state index in [1.807, 2.05) is 28.8 Å². The molecule has 2 unspecified atom stereocenters. The molecule has 3 heteroatoms. The van der Waals surface area contributed by atoms with Crippen LogP contribution in [0.5, 0.6) is 0 Å². The van der Waals surface area contributed by atoms with Gasteiger partial charge in [-0.15, -0.1) is 0 Å². The number of hydrogen-bond acceptors (Lipinski definition) is 2. The Bertz CT molecular complexity index is 1510. The second-order valence-corrected chi connectivity index (χ2v) is 11.6. The van der Waals surface area contributed by atoms with E-state index in [-0.39, 0.29) is 5.56 Å². The summed E-state index contributed by atoms with van der Waals surface area (Å²) in [4.78, 5) is 19.4. The standard InChI is InChI=1S/C35H40N2O/c1-23(2)26(5)29-12-8-7-11-27(20-29)22-37-34(31-13-9-6-10-25(31)4)36-33-19-18-30(21-32(33)35(37)38)28-16-14-24(3)15-17-28/h6,9-10,13-19,21,23,27,29H,5,7-8,11-12,20,22H2,1-4H3. The fourth-order valence-electron chi connectivity index (χ4n) is 6.04. The van der Waals surface area contributed by atoms with E-state index in [4.69, 9.17) is 4.98 Å². The van der Waals surface area contributed by atoms with Crippen LogP contribution >= 0.6 is 0 Å². The van der Waals surface area contributed by atoms with E-state index >= 15 is 0 Å². The van der Waals surface area contributed by atoms with Crippen LogP contribution in [-0.4, -0.2) is 9.55 Å². The van der Waals surface area contributed by atoms with Crippen molar-refractivity contribution in [1.82, 2.24) is 9.55 Å². The summed E-state index contributed by atoms with van der Waals surface area (Å²) < 4.78 is 1.98. The van der Waals surface area contributed by atoms with Crippen molar-refractivity contribution in [2.75, 3.05) is 0 Å². The Morgan fingerprint density at radius 2 is 1.68 bits per heavy atom. The van der Waals surface area contributed by atoms with Gasteiger partial charge in [0.05, 0.1) is 10.9 Å². The van der Waals surface area contributed by atoms with Crippen molar-refractivity contribution < 1.29 is 0 Å². The molecule has 3 nitrogen and oxygen atoms in total. The highest BCUT2D eigenvalue weighted by atomic mass is 16.1. The quantitative estimate of drug-likeness (QED) is 0.194. The van der Waals surface area contributed by atoms with Crippen molar-refractivity contribution in [3.05, 3.63) is 100 Å². The highest BCUT2D eigenvalue weighted by molar-refractivity contribution is 5.85. The topological polar surface area (TPSA) is 34.9 Å². The molecule has 0 spiro atoms. The van der Waals surface area contributed by atoms with Crippen LogP contribution < -0.4 is 5.56 Å². The van der Waals surface area contributed by atoms with Crippen LogP contribution in [0.1, 0.15) is 57.1 Å². The lowest BCUT2D eigenvalue weighted by Gasteiger charge is -2.25. The molecule has 1 aliphatic rings. The minimum atomic E-state index is 0.0608.